The summed E-state index contributed by atoms with van der Waals surface area (Å²) in [7, 11) is 0. The lowest BCUT2D eigenvalue weighted by atomic mass is 10.0. The zero-order valence-corrected chi connectivity index (χ0v) is 10.6. The lowest BCUT2D eigenvalue weighted by molar-refractivity contribution is -0.135. The molecule has 4 heteroatoms. The summed E-state index contributed by atoms with van der Waals surface area (Å²) in [6.07, 6.45) is 1.96. The summed E-state index contributed by atoms with van der Waals surface area (Å²) in [6, 6.07) is 0. The summed E-state index contributed by atoms with van der Waals surface area (Å²) in [5.74, 6) is 1.38. The number of amides is 1. The second kappa shape index (κ2) is 6.38. The molecule has 1 aliphatic rings. The topological polar surface area (TPSA) is 46.3 Å². The number of nitrogens with two attached hydrogens (primary N) is 1. The van der Waals surface area contributed by atoms with Crippen molar-refractivity contribution in [1.29, 1.82) is 0 Å². The minimum atomic E-state index is 0.0466. The quantitative estimate of drug-likeness (QED) is 0.792. The molecule has 1 saturated heterocycles. The minimum absolute atomic E-state index is 0.0466. The molecule has 0 aromatic rings. The number of nitrogens with zero attached hydrogens (tertiary/aromatic N) is 1. The van der Waals surface area contributed by atoms with Gasteiger partial charge in [0.1, 0.15) is 0 Å². The Balaban J connectivity index is 2.49. The molecule has 3 nitrogen and oxygen atoms in total. The standard InChI is InChI=1S/C11H22N2OS/c1-3-4-10(7-12)11(14)13-5-6-15-9(2)8-13/h9-10H,3-8,12H2,1-2H3. The van der Waals surface area contributed by atoms with Crippen LogP contribution in [0.15, 0.2) is 0 Å². The first-order chi connectivity index (χ1) is 7.19. The SMILES string of the molecule is CCCC(CN)C(=O)N1CCSC(C)C1. The smallest absolute Gasteiger partial charge is 0.227 e. The molecule has 0 radical (unpaired) electrons. The molecule has 1 heterocycles. The highest BCUT2D eigenvalue weighted by Crippen LogP contribution is 2.20. The average Bonchev–Trinajstić information content (AvgIpc) is 2.25. The monoisotopic (exact) mass is 230 g/mol. The molecule has 0 aliphatic carbocycles. The molecular formula is C11H22N2OS. The van der Waals surface area contributed by atoms with Gasteiger partial charge in [-0.3, -0.25) is 4.79 Å². The molecule has 1 amide bonds. The van der Waals surface area contributed by atoms with E-state index in [0.717, 1.165) is 31.7 Å². The Morgan fingerprint density at radius 3 is 2.93 bits per heavy atom. The first-order valence-electron chi connectivity index (χ1n) is 5.79. The minimum Gasteiger partial charge on any atom is -0.340 e. The second-order valence-corrected chi connectivity index (χ2v) is 5.73. The van der Waals surface area contributed by atoms with Gasteiger partial charge in [0.15, 0.2) is 0 Å². The van der Waals surface area contributed by atoms with Crippen LogP contribution in [0.5, 0.6) is 0 Å². The first kappa shape index (κ1) is 12.8. The highest BCUT2D eigenvalue weighted by Gasteiger charge is 2.26. The van der Waals surface area contributed by atoms with E-state index in [1.165, 1.54) is 0 Å². The number of thioether (sulfide) groups is 1. The second-order valence-electron chi connectivity index (χ2n) is 4.19. The van der Waals surface area contributed by atoms with Crippen LogP contribution >= 0.6 is 11.8 Å². The number of hydrogen-bond acceptors (Lipinski definition) is 3. The summed E-state index contributed by atoms with van der Waals surface area (Å²) >= 11 is 1.95. The molecule has 1 aliphatic heterocycles. The van der Waals surface area contributed by atoms with Crippen molar-refractivity contribution < 1.29 is 4.79 Å². The maximum Gasteiger partial charge on any atom is 0.227 e. The maximum absolute atomic E-state index is 12.1. The van der Waals surface area contributed by atoms with Crippen molar-refractivity contribution >= 4 is 17.7 Å². The predicted molar refractivity (Wildman–Crippen MR) is 66.0 cm³/mol. The van der Waals surface area contributed by atoms with E-state index in [1.807, 2.05) is 16.7 Å². The molecule has 2 atom stereocenters. The molecule has 1 fully saturated rings. The summed E-state index contributed by atoms with van der Waals surface area (Å²) in [5, 5.41) is 0.572. The molecular weight excluding hydrogens is 208 g/mol. The molecule has 88 valence electrons. The maximum atomic E-state index is 12.1. The van der Waals surface area contributed by atoms with Crippen LogP contribution in [0.4, 0.5) is 0 Å². The van der Waals surface area contributed by atoms with Gasteiger partial charge in [0.25, 0.3) is 0 Å². The zero-order valence-electron chi connectivity index (χ0n) is 9.74. The van der Waals surface area contributed by atoms with E-state index < -0.39 is 0 Å². The third-order valence-electron chi connectivity index (χ3n) is 2.82. The highest BCUT2D eigenvalue weighted by molar-refractivity contribution is 7.99. The number of rotatable bonds is 4. The van der Waals surface area contributed by atoms with Crippen LogP contribution in [0.2, 0.25) is 0 Å². The number of hydrogen-bond donors (Lipinski definition) is 1. The van der Waals surface area contributed by atoms with Crippen LogP contribution in [0.3, 0.4) is 0 Å². The van der Waals surface area contributed by atoms with Gasteiger partial charge < -0.3 is 10.6 Å². The van der Waals surface area contributed by atoms with Gasteiger partial charge >= 0.3 is 0 Å². The molecule has 0 bridgehead atoms. The van der Waals surface area contributed by atoms with Crippen LogP contribution in [-0.2, 0) is 4.79 Å². The predicted octanol–water partition coefficient (Wildman–Crippen LogP) is 1.33. The zero-order chi connectivity index (χ0) is 11.3. The van der Waals surface area contributed by atoms with Crippen molar-refractivity contribution in [3.8, 4) is 0 Å². The van der Waals surface area contributed by atoms with Crippen molar-refractivity contribution in [3.05, 3.63) is 0 Å². The molecule has 0 aromatic carbocycles. The average molecular weight is 230 g/mol. The lowest BCUT2D eigenvalue weighted by Gasteiger charge is -2.33. The summed E-state index contributed by atoms with van der Waals surface area (Å²) in [6.45, 7) is 6.56. The summed E-state index contributed by atoms with van der Waals surface area (Å²) < 4.78 is 0. The molecule has 0 spiro atoms. The fraction of sp³-hybridized carbons (Fsp3) is 0.909. The van der Waals surface area contributed by atoms with E-state index in [-0.39, 0.29) is 11.8 Å². The molecule has 0 aromatic heterocycles. The Morgan fingerprint density at radius 2 is 2.40 bits per heavy atom. The van der Waals surface area contributed by atoms with Crippen molar-refractivity contribution in [3.63, 3.8) is 0 Å². The van der Waals surface area contributed by atoms with E-state index in [2.05, 4.69) is 13.8 Å². The lowest BCUT2D eigenvalue weighted by Crippen LogP contribution is -2.45. The summed E-state index contributed by atoms with van der Waals surface area (Å²) in [5.41, 5.74) is 5.65. The Bertz CT molecular complexity index is 211. The molecule has 15 heavy (non-hydrogen) atoms. The van der Waals surface area contributed by atoms with Gasteiger partial charge in [0.05, 0.1) is 5.92 Å². The number of carbonyl (C=O) groups is 1. The molecule has 2 N–H and O–H groups in total. The van der Waals surface area contributed by atoms with Crippen molar-refractivity contribution in [2.45, 2.75) is 31.9 Å². The third-order valence-corrected chi connectivity index (χ3v) is 3.96. The Labute approximate surface area is 96.8 Å². The number of carbonyl (C=O) groups excluding carboxylic acids is 1. The van der Waals surface area contributed by atoms with Gasteiger partial charge in [0.2, 0.25) is 5.91 Å². The largest absolute Gasteiger partial charge is 0.340 e. The Kier molecular flexibility index (Phi) is 5.47. The Morgan fingerprint density at radius 1 is 1.67 bits per heavy atom. The van der Waals surface area contributed by atoms with Crippen LogP contribution in [0.1, 0.15) is 26.7 Å². The van der Waals surface area contributed by atoms with Crippen LogP contribution in [0, 0.1) is 5.92 Å². The van der Waals surface area contributed by atoms with E-state index in [1.54, 1.807) is 0 Å². The molecule has 1 rings (SSSR count). The van der Waals surface area contributed by atoms with Crippen molar-refractivity contribution in [2.24, 2.45) is 11.7 Å². The fourth-order valence-corrected chi connectivity index (χ4v) is 2.98. The van der Waals surface area contributed by atoms with Crippen LogP contribution in [-0.4, -0.2) is 41.4 Å². The van der Waals surface area contributed by atoms with Gasteiger partial charge in [-0.25, -0.2) is 0 Å². The van der Waals surface area contributed by atoms with Crippen molar-refractivity contribution in [2.75, 3.05) is 25.4 Å². The van der Waals surface area contributed by atoms with Gasteiger partial charge in [-0.2, -0.15) is 11.8 Å². The highest BCUT2D eigenvalue weighted by atomic mass is 32.2. The normalized spacial score (nSPS) is 23.9. The van der Waals surface area contributed by atoms with Gasteiger partial charge in [-0.15, -0.1) is 0 Å². The van der Waals surface area contributed by atoms with Gasteiger partial charge in [-0.05, 0) is 6.42 Å². The van der Waals surface area contributed by atoms with Crippen molar-refractivity contribution in [1.82, 2.24) is 4.90 Å². The molecule has 0 saturated carbocycles. The summed E-state index contributed by atoms with van der Waals surface area (Å²) in [4.78, 5) is 14.1. The van der Waals surface area contributed by atoms with Gasteiger partial charge in [-0.1, -0.05) is 20.3 Å². The van der Waals surface area contributed by atoms with E-state index >= 15 is 0 Å². The van der Waals surface area contributed by atoms with E-state index in [4.69, 9.17) is 5.73 Å². The van der Waals surface area contributed by atoms with Crippen LogP contribution in [0.25, 0.3) is 0 Å². The first-order valence-corrected chi connectivity index (χ1v) is 6.84. The van der Waals surface area contributed by atoms with E-state index in [0.29, 0.717) is 11.8 Å². The molecule has 2 unspecified atom stereocenters. The Hall–Kier alpha value is -0.220. The third kappa shape index (κ3) is 3.68. The fourth-order valence-electron chi connectivity index (χ4n) is 1.97. The van der Waals surface area contributed by atoms with Gasteiger partial charge in [0, 0.05) is 30.6 Å². The van der Waals surface area contributed by atoms with Crippen LogP contribution < -0.4 is 5.73 Å². The van der Waals surface area contributed by atoms with E-state index in [9.17, 15) is 4.79 Å².